The van der Waals surface area contributed by atoms with Gasteiger partial charge in [-0.25, -0.2) is 4.99 Å². The van der Waals surface area contributed by atoms with Crippen LogP contribution in [0.1, 0.15) is 55.2 Å². The second-order valence-corrected chi connectivity index (χ2v) is 7.40. The topological polar surface area (TPSA) is 88.7 Å². The van der Waals surface area contributed by atoms with Crippen LogP contribution in [-0.4, -0.2) is 25.0 Å². The monoisotopic (exact) mass is 524 g/mol. The van der Waals surface area contributed by atoms with Crippen molar-refractivity contribution >= 4 is 35.8 Å². The van der Waals surface area contributed by atoms with Crippen molar-refractivity contribution in [1.29, 1.82) is 0 Å². The Balaban J connectivity index is 0.00000450. The van der Waals surface area contributed by atoms with Crippen LogP contribution in [0.5, 0.6) is 5.75 Å². The summed E-state index contributed by atoms with van der Waals surface area (Å²) in [6.45, 7) is 10.4. The van der Waals surface area contributed by atoms with Crippen LogP contribution < -0.4 is 21.1 Å². The Morgan fingerprint density at radius 1 is 1.07 bits per heavy atom. The Morgan fingerprint density at radius 3 is 2.23 bits per heavy atom. The molecular formula is C23H33IN4O2. The molecule has 4 N–H and O–H groups in total. The first-order valence-corrected chi connectivity index (χ1v) is 10.1. The number of ether oxygens (including phenoxy) is 1. The van der Waals surface area contributed by atoms with Gasteiger partial charge in [-0.05, 0) is 55.2 Å². The smallest absolute Gasteiger partial charge is 0.248 e. The van der Waals surface area contributed by atoms with E-state index in [1.807, 2.05) is 31.2 Å². The highest BCUT2D eigenvalue weighted by atomic mass is 127. The van der Waals surface area contributed by atoms with E-state index in [4.69, 9.17) is 10.5 Å². The lowest BCUT2D eigenvalue weighted by molar-refractivity contribution is 0.100. The third-order valence-corrected chi connectivity index (χ3v) is 4.32. The fourth-order valence-corrected chi connectivity index (χ4v) is 2.67. The Bertz CT molecular complexity index is 805. The highest BCUT2D eigenvalue weighted by Crippen LogP contribution is 2.18. The van der Waals surface area contributed by atoms with Crippen LogP contribution >= 0.6 is 24.0 Å². The highest BCUT2D eigenvalue weighted by Gasteiger charge is 2.08. The number of aliphatic imine (C=N–C) groups is 1. The van der Waals surface area contributed by atoms with Gasteiger partial charge in [0.1, 0.15) is 5.75 Å². The SMILES string of the molecule is CCNC(=NCc1ccc(C(N)=O)cc1)NC(C)c1ccc(OCC(C)C)cc1.I. The summed E-state index contributed by atoms with van der Waals surface area (Å²) < 4.78 is 5.75. The molecule has 0 spiro atoms. The zero-order valence-corrected chi connectivity index (χ0v) is 20.5. The van der Waals surface area contributed by atoms with Crippen molar-refractivity contribution in [1.82, 2.24) is 10.6 Å². The largest absolute Gasteiger partial charge is 0.493 e. The van der Waals surface area contributed by atoms with Gasteiger partial charge in [0.2, 0.25) is 5.91 Å². The molecule has 0 aliphatic heterocycles. The number of nitrogens with two attached hydrogens (primary N) is 1. The third-order valence-electron chi connectivity index (χ3n) is 4.32. The zero-order chi connectivity index (χ0) is 21.2. The highest BCUT2D eigenvalue weighted by molar-refractivity contribution is 14.0. The first kappa shape index (κ1) is 25.7. The van der Waals surface area contributed by atoms with Crippen molar-refractivity contribution in [2.75, 3.05) is 13.2 Å². The minimum absolute atomic E-state index is 0. The van der Waals surface area contributed by atoms with Gasteiger partial charge in [-0.2, -0.15) is 0 Å². The van der Waals surface area contributed by atoms with Crippen LogP contribution in [0.25, 0.3) is 0 Å². The van der Waals surface area contributed by atoms with E-state index < -0.39 is 5.91 Å². The van der Waals surface area contributed by atoms with Crippen LogP contribution in [0.15, 0.2) is 53.5 Å². The molecule has 2 aromatic carbocycles. The summed E-state index contributed by atoms with van der Waals surface area (Å²) >= 11 is 0. The van der Waals surface area contributed by atoms with Gasteiger partial charge in [0.05, 0.1) is 19.2 Å². The molecule has 0 radical (unpaired) electrons. The summed E-state index contributed by atoms with van der Waals surface area (Å²) in [4.78, 5) is 15.8. The van der Waals surface area contributed by atoms with E-state index in [2.05, 4.69) is 48.5 Å². The summed E-state index contributed by atoms with van der Waals surface area (Å²) in [7, 11) is 0. The number of rotatable bonds is 9. The summed E-state index contributed by atoms with van der Waals surface area (Å²) in [5.41, 5.74) is 7.94. The number of guanidine groups is 1. The molecule has 2 rings (SSSR count). The molecule has 1 atom stereocenters. The van der Waals surface area contributed by atoms with Gasteiger partial charge in [0.25, 0.3) is 0 Å². The van der Waals surface area contributed by atoms with E-state index in [1.165, 1.54) is 0 Å². The minimum atomic E-state index is -0.426. The molecule has 0 aliphatic carbocycles. The van der Waals surface area contributed by atoms with Crippen molar-refractivity contribution in [3.8, 4) is 5.75 Å². The fraction of sp³-hybridized carbons (Fsp3) is 0.391. The second kappa shape index (κ2) is 13.1. The Morgan fingerprint density at radius 2 is 1.70 bits per heavy atom. The van der Waals surface area contributed by atoms with Gasteiger partial charge in [-0.3, -0.25) is 4.79 Å². The Labute approximate surface area is 196 Å². The first-order valence-electron chi connectivity index (χ1n) is 10.1. The number of primary amides is 1. The minimum Gasteiger partial charge on any atom is -0.493 e. The number of hydrogen-bond donors (Lipinski definition) is 3. The van der Waals surface area contributed by atoms with E-state index >= 15 is 0 Å². The lowest BCUT2D eigenvalue weighted by atomic mass is 10.1. The van der Waals surface area contributed by atoms with E-state index in [0.717, 1.165) is 29.4 Å². The number of nitrogens with zero attached hydrogens (tertiary/aromatic N) is 1. The van der Waals surface area contributed by atoms with Gasteiger partial charge in [0.15, 0.2) is 5.96 Å². The van der Waals surface area contributed by atoms with Gasteiger partial charge in [-0.1, -0.05) is 38.1 Å². The van der Waals surface area contributed by atoms with Crippen molar-refractivity contribution < 1.29 is 9.53 Å². The molecule has 0 heterocycles. The van der Waals surface area contributed by atoms with E-state index in [9.17, 15) is 4.79 Å². The van der Waals surface area contributed by atoms with Crippen molar-refractivity contribution in [3.05, 3.63) is 65.2 Å². The summed E-state index contributed by atoms with van der Waals surface area (Å²) in [5.74, 6) is 1.69. The molecule has 0 saturated heterocycles. The van der Waals surface area contributed by atoms with Gasteiger partial charge in [-0.15, -0.1) is 24.0 Å². The van der Waals surface area contributed by atoms with Crippen LogP contribution in [-0.2, 0) is 6.54 Å². The van der Waals surface area contributed by atoms with Crippen molar-refractivity contribution in [2.24, 2.45) is 16.6 Å². The predicted molar refractivity (Wildman–Crippen MR) is 134 cm³/mol. The van der Waals surface area contributed by atoms with Crippen LogP contribution in [0.2, 0.25) is 0 Å². The average molecular weight is 524 g/mol. The Kier molecular flexibility index (Phi) is 11.2. The number of nitrogens with one attached hydrogen (secondary N) is 2. The summed E-state index contributed by atoms with van der Waals surface area (Å²) in [5, 5.41) is 6.70. The summed E-state index contributed by atoms with van der Waals surface area (Å²) in [6, 6.07) is 15.4. The van der Waals surface area contributed by atoms with Gasteiger partial charge in [0, 0.05) is 12.1 Å². The molecule has 7 heteroatoms. The van der Waals surface area contributed by atoms with Crippen LogP contribution in [0.3, 0.4) is 0 Å². The number of benzene rings is 2. The summed E-state index contributed by atoms with van der Waals surface area (Å²) in [6.07, 6.45) is 0. The van der Waals surface area contributed by atoms with Crippen molar-refractivity contribution in [2.45, 2.75) is 40.3 Å². The normalized spacial score (nSPS) is 12.1. The quantitative estimate of drug-likeness (QED) is 0.260. The van der Waals surface area contributed by atoms with Crippen molar-refractivity contribution in [3.63, 3.8) is 0 Å². The van der Waals surface area contributed by atoms with Crippen LogP contribution in [0, 0.1) is 5.92 Å². The molecule has 30 heavy (non-hydrogen) atoms. The lowest BCUT2D eigenvalue weighted by Crippen LogP contribution is -2.38. The van der Waals surface area contributed by atoms with Gasteiger partial charge < -0.3 is 21.1 Å². The number of carbonyl (C=O) groups is 1. The predicted octanol–water partition coefficient (Wildman–Crippen LogP) is 4.25. The number of hydrogen-bond acceptors (Lipinski definition) is 3. The molecule has 0 aromatic heterocycles. The maximum Gasteiger partial charge on any atom is 0.248 e. The zero-order valence-electron chi connectivity index (χ0n) is 18.1. The molecule has 0 fully saturated rings. The van der Waals surface area contributed by atoms with E-state index in [-0.39, 0.29) is 30.0 Å². The molecule has 6 nitrogen and oxygen atoms in total. The molecular weight excluding hydrogens is 491 g/mol. The number of halogens is 1. The number of amides is 1. The molecule has 0 aliphatic rings. The standard InChI is InChI=1S/C23H32N4O2.HI/c1-5-25-23(26-14-18-6-8-20(9-7-18)22(24)28)27-17(4)19-10-12-21(13-11-19)29-15-16(2)3;/h6-13,16-17H,5,14-15H2,1-4H3,(H2,24,28)(H2,25,26,27);1H. The molecule has 0 saturated carbocycles. The van der Waals surface area contributed by atoms with Crippen LogP contribution in [0.4, 0.5) is 0 Å². The molecule has 164 valence electrons. The average Bonchev–Trinajstić information content (AvgIpc) is 2.71. The fourth-order valence-electron chi connectivity index (χ4n) is 2.67. The lowest BCUT2D eigenvalue weighted by Gasteiger charge is -2.19. The second-order valence-electron chi connectivity index (χ2n) is 7.40. The van der Waals surface area contributed by atoms with Gasteiger partial charge >= 0.3 is 0 Å². The Hall–Kier alpha value is -2.29. The number of carbonyl (C=O) groups excluding carboxylic acids is 1. The molecule has 1 unspecified atom stereocenters. The van der Waals surface area contributed by atoms with E-state index in [0.29, 0.717) is 24.6 Å². The first-order chi connectivity index (χ1) is 13.9. The molecule has 1 amide bonds. The maximum atomic E-state index is 11.2. The maximum absolute atomic E-state index is 11.2. The third kappa shape index (κ3) is 8.61. The van der Waals surface area contributed by atoms with E-state index in [1.54, 1.807) is 12.1 Å². The molecule has 0 bridgehead atoms. The molecule has 2 aromatic rings.